The molecule has 0 spiro atoms. The molecule has 1 saturated carbocycles. The van der Waals surface area contributed by atoms with Crippen molar-refractivity contribution in [2.45, 2.75) is 51.3 Å². The second kappa shape index (κ2) is 4.64. The number of aryl methyl sites for hydroxylation is 1. The minimum Gasteiger partial charge on any atom is -0.392 e. The quantitative estimate of drug-likeness (QED) is 0.829. The van der Waals surface area contributed by atoms with Crippen LogP contribution in [0.1, 0.15) is 42.7 Å². The molecule has 0 aromatic carbocycles. The number of rotatable bonds is 3. The van der Waals surface area contributed by atoms with Gasteiger partial charge in [0.05, 0.1) is 6.10 Å². The number of thiophene rings is 1. The Morgan fingerprint density at radius 2 is 2.33 bits per heavy atom. The van der Waals surface area contributed by atoms with Crippen LogP contribution in [0.5, 0.6) is 0 Å². The summed E-state index contributed by atoms with van der Waals surface area (Å²) in [6, 6.07) is 2.81. The maximum atomic E-state index is 9.75. The second-order valence-electron chi connectivity index (χ2n) is 4.46. The molecule has 2 nitrogen and oxygen atoms in total. The van der Waals surface area contributed by atoms with E-state index in [2.05, 4.69) is 30.6 Å². The average Bonchev–Trinajstić information content (AvgIpc) is 2.76. The van der Waals surface area contributed by atoms with Crippen LogP contribution < -0.4 is 5.32 Å². The number of nitrogens with one attached hydrogen (secondary N) is 1. The summed E-state index contributed by atoms with van der Waals surface area (Å²) in [6.07, 6.45) is 3.06. The number of aliphatic hydroxyl groups is 1. The molecule has 2 N–H and O–H groups in total. The van der Waals surface area contributed by atoms with E-state index in [4.69, 9.17) is 0 Å². The van der Waals surface area contributed by atoms with Gasteiger partial charge < -0.3 is 10.4 Å². The Kier molecular flexibility index (Phi) is 3.44. The van der Waals surface area contributed by atoms with E-state index in [1.807, 2.05) is 0 Å². The Morgan fingerprint density at radius 3 is 2.87 bits per heavy atom. The summed E-state index contributed by atoms with van der Waals surface area (Å²) in [5.41, 5.74) is 1.35. The van der Waals surface area contributed by atoms with Gasteiger partial charge in [0.15, 0.2) is 0 Å². The van der Waals surface area contributed by atoms with Crippen molar-refractivity contribution in [2.75, 3.05) is 0 Å². The molecule has 0 saturated heterocycles. The highest BCUT2D eigenvalue weighted by atomic mass is 32.1. The zero-order chi connectivity index (χ0) is 10.8. The van der Waals surface area contributed by atoms with Crippen LogP contribution in [0.25, 0.3) is 0 Å². The minimum absolute atomic E-state index is 0.146. The zero-order valence-corrected chi connectivity index (χ0v) is 10.2. The van der Waals surface area contributed by atoms with Gasteiger partial charge in [-0.2, -0.15) is 0 Å². The molecule has 0 aliphatic heterocycles. The molecule has 3 unspecified atom stereocenters. The predicted molar refractivity (Wildman–Crippen MR) is 64.3 cm³/mol. The van der Waals surface area contributed by atoms with Gasteiger partial charge in [0.2, 0.25) is 0 Å². The molecule has 15 heavy (non-hydrogen) atoms. The molecule has 1 aliphatic carbocycles. The van der Waals surface area contributed by atoms with Gasteiger partial charge in [-0.3, -0.25) is 0 Å². The van der Waals surface area contributed by atoms with Gasteiger partial charge in [-0.15, -0.1) is 11.3 Å². The van der Waals surface area contributed by atoms with Crippen molar-refractivity contribution in [1.82, 2.24) is 5.32 Å². The van der Waals surface area contributed by atoms with Crippen LogP contribution in [0.4, 0.5) is 0 Å². The van der Waals surface area contributed by atoms with Gasteiger partial charge in [0.25, 0.3) is 0 Å². The number of hydrogen-bond donors (Lipinski definition) is 2. The summed E-state index contributed by atoms with van der Waals surface area (Å²) in [5.74, 6) is 0. The van der Waals surface area contributed by atoms with Crippen molar-refractivity contribution in [2.24, 2.45) is 0 Å². The molecular weight excluding hydrogens is 206 g/mol. The smallest absolute Gasteiger partial charge is 0.0693 e. The van der Waals surface area contributed by atoms with E-state index in [9.17, 15) is 5.11 Å². The SMILES string of the molecule is Cc1ccsc1C(C)NC1CCCC1O. The van der Waals surface area contributed by atoms with E-state index < -0.39 is 0 Å². The van der Waals surface area contributed by atoms with Crippen LogP contribution in [0.3, 0.4) is 0 Å². The summed E-state index contributed by atoms with van der Waals surface area (Å²) in [5, 5.41) is 15.4. The van der Waals surface area contributed by atoms with Crippen LogP contribution in [0.2, 0.25) is 0 Å². The number of hydrogen-bond acceptors (Lipinski definition) is 3. The molecule has 1 aromatic heterocycles. The molecule has 1 heterocycles. The molecule has 1 fully saturated rings. The van der Waals surface area contributed by atoms with E-state index in [0.29, 0.717) is 12.1 Å². The highest BCUT2D eigenvalue weighted by Gasteiger charge is 2.26. The lowest BCUT2D eigenvalue weighted by Gasteiger charge is -2.21. The van der Waals surface area contributed by atoms with Gasteiger partial charge in [0.1, 0.15) is 0 Å². The van der Waals surface area contributed by atoms with Crippen LogP contribution in [-0.4, -0.2) is 17.3 Å². The van der Waals surface area contributed by atoms with E-state index in [1.165, 1.54) is 10.4 Å². The Balaban J connectivity index is 1.97. The topological polar surface area (TPSA) is 32.3 Å². The largest absolute Gasteiger partial charge is 0.392 e. The Labute approximate surface area is 95.3 Å². The van der Waals surface area contributed by atoms with Gasteiger partial charge in [-0.25, -0.2) is 0 Å². The van der Waals surface area contributed by atoms with Crippen LogP contribution >= 0.6 is 11.3 Å². The summed E-state index contributed by atoms with van der Waals surface area (Å²) in [4.78, 5) is 1.40. The summed E-state index contributed by atoms with van der Waals surface area (Å²) < 4.78 is 0. The molecule has 0 amide bonds. The fourth-order valence-electron chi connectivity index (χ4n) is 2.36. The van der Waals surface area contributed by atoms with Crippen LogP contribution in [-0.2, 0) is 0 Å². The predicted octanol–water partition coefficient (Wildman–Crippen LogP) is 2.62. The van der Waals surface area contributed by atoms with Crippen molar-refractivity contribution in [3.8, 4) is 0 Å². The molecule has 0 radical (unpaired) electrons. The van der Waals surface area contributed by atoms with Crippen molar-refractivity contribution >= 4 is 11.3 Å². The van der Waals surface area contributed by atoms with E-state index >= 15 is 0 Å². The Morgan fingerprint density at radius 1 is 1.53 bits per heavy atom. The van der Waals surface area contributed by atoms with Crippen LogP contribution in [0.15, 0.2) is 11.4 Å². The lowest BCUT2D eigenvalue weighted by molar-refractivity contribution is 0.144. The third-order valence-electron chi connectivity index (χ3n) is 3.24. The van der Waals surface area contributed by atoms with Crippen molar-refractivity contribution < 1.29 is 5.11 Å². The van der Waals surface area contributed by atoms with E-state index in [-0.39, 0.29) is 6.10 Å². The lowest BCUT2D eigenvalue weighted by atomic mass is 10.1. The monoisotopic (exact) mass is 225 g/mol. The zero-order valence-electron chi connectivity index (χ0n) is 9.36. The van der Waals surface area contributed by atoms with Crippen molar-refractivity contribution in [3.63, 3.8) is 0 Å². The summed E-state index contributed by atoms with van der Waals surface area (Å²) in [7, 11) is 0. The Bertz CT molecular complexity index is 323. The fraction of sp³-hybridized carbons (Fsp3) is 0.667. The third kappa shape index (κ3) is 2.41. The average molecular weight is 225 g/mol. The maximum Gasteiger partial charge on any atom is 0.0693 e. The van der Waals surface area contributed by atoms with Crippen LogP contribution in [0, 0.1) is 6.92 Å². The van der Waals surface area contributed by atoms with Gasteiger partial charge >= 0.3 is 0 Å². The first-order valence-electron chi connectivity index (χ1n) is 5.66. The van der Waals surface area contributed by atoms with Gasteiger partial charge in [0, 0.05) is 17.0 Å². The first-order chi connectivity index (χ1) is 7.18. The minimum atomic E-state index is -0.146. The lowest BCUT2D eigenvalue weighted by Crippen LogP contribution is -2.37. The molecule has 0 bridgehead atoms. The summed E-state index contributed by atoms with van der Waals surface area (Å²) in [6.45, 7) is 4.33. The highest BCUT2D eigenvalue weighted by Crippen LogP contribution is 2.27. The molecule has 2 rings (SSSR count). The molecule has 84 valence electrons. The molecule has 1 aromatic rings. The Hall–Kier alpha value is -0.380. The molecule has 3 heteroatoms. The summed E-state index contributed by atoms with van der Waals surface area (Å²) >= 11 is 1.80. The molecule has 3 atom stereocenters. The van der Waals surface area contributed by atoms with E-state index in [0.717, 1.165) is 19.3 Å². The van der Waals surface area contributed by atoms with Crippen molar-refractivity contribution in [1.29, 1.82) is 0 Å². The molecule has 1 aliphatic rings. The number of aliphatic hydroxyl groups excluding tert-OH is 1. The van der Waals surface area contributed by atoms with E-state index in [1.54, 1.807) is 11.3 Å². The second-order valence-corrected chi connectivity index (χ2v) is 5.41. The maximum absolute atomic E-state index is 9.75. The van der Waals surface area contributed by atoms with Crippen molar-refractivity contribution in [3.05, 3.63) is 21.9 Å². The molecular formula is C12H19NOS. The third-order valence-corrected chi connectivity index (χ3v) is 4.44. The van der Waals surface area contributed by atoms with Gasteiger partial charge in [-0.05, 0) is 50.1 Å². The highest BCUT2D eigenvalue weighted by molar-refractivity contribution is 7.10. The normalized spacial score (nSPS) is 28.2. The van der Waals surface area contributed by atoms with Gasteiger partial charge in [-0.1, -0.05) is 0 Å². The first kappa shape index (κ1) is 11.1. The standard InChI is InChI=1S/C12H19NOS/c1-8-6-7-15-12(8)9(2)13-10-4-3-5-11(10)14/h6-7,9-11,13-14H,3-5H2,1-2H3. The first-order valence-corrected chi connectivity index (χ1v) is 6.54. The fourth-order valence-corrected chi connectivity index (χ4v) is 3.30.